The molecule has 0 saturated carbocycles. The van der Waals surface area contributed by atoms with E-state index in [0.717, 1.165) is 34.6 Å². The Kier molecular flexibility index (Phi) is 4.02. The van der Waals surface area contributed by atoms with Gasteiger partial charge in [0.05, 0.1) is 6.61 Å². The zero-order valence-corrected chi connectivity index (χ0v) is 12.7. The predicted molar refractivity (Wildman–Crippen MR) is 84.7 cm³/mol. The van der Waals surface area contributed by atoms with E-state index in [1.54, 1.807) is 0 Å². The zero-order valence-electron chi connectivity index (χ0n) is 12.7. The van der Waals surface area contributed by atoms with E-state index >= 15 is 0 Å². The number of benzene rings is 1. The molecule has 22 heavy (non-hydrogen) atoms. The largest absolute Gasteiger partial charge is 0.395 e. The third-order valence-corrected chi connectivity index (χ3v) is 3.70. The summed E-state index contributed by atoms with van der Waals surface area (Å²) >= 11 is 0. The average Bonchev–Trinajstić information content (AvgIpc) is 2.97. The molecule has 0 amide bonds. The summed E-state index contributed by atoms with van der Waals surface area (Å²) in [5.41, 5.74) is 3.30. The lowest BCUT2D eigenvalue weighted by atomic mass is 10.0. The van der Waals surface area contributed by atoms with Gasteiger partial charge < -0.3 is 14.5 Å². The van der Waals surface area contributed by atoms with E-state index in [4.69, 9.17) is 4.52 Å². The highest BCUT2D eigenvalue weighted by Gasteiger charge is 2.20. The molecule has 0 spiro atoms. The number of anilines is 1. The van der Waals surface area contributed by atoms with Gasteiger partial charge in [0.2, 0.25) is 0 Å². The summed E-state index contributed by atoms with van der Waals surface area (Å²) in [6.07, 6.45) is 1.46. The first kappa shape index (κ1) is 14.5. The Balaban J connectivity index is 2.23. The lowest BCUT2D eigenvalue weighted by molar-refractivity contribution is 0.302. The topological polar surface area (TPSA) is 75.3 Å². The summed E-state index contributed by atoms with van der Waals surface area (Å²) in [5.74, 6) is 0.737. The third-order valence-electron chi connectivity index (χ3n) is 3.70. The summed E-state index contributed by atoms with van der Waals surface area (Å²) in [4.78, 5) is 10.5. The van der Waals surface area contributed by atoms with Crippen molar-refractivity contribution in [3.8, 4) is 11.3 Å². The van der Waals surface area contributed by atoms with E-state index in [1.165, 1.54) is 6.33 Å². The Morgan fingerprint density at radius 3 is 2.77 bits per heavy atom. The highest BCUT2D eigenvalue weighted by molar-refractivity contribution is 5.98. The molecule has 1 aromatic carbocycles. The predicted octanol–water partition coefficient (Wildman–Crippen LogP) is 2.41. The molecule has 0 radical (unpaired) electrons. The van der Waals surface area contributed by atoms with E-state index in [0.29, 0.717) is 12.3 Å². The number of fused-ring (bicyclic) bond motifs is 1. The smallest absolute Gasteiger partial charge is 0.263 e. The number of hydrogen-bond donors (Lipinski definition) is 1. The van der Waals surface area contributed by atoms with Crippen molar-refractivity contribution in [1.29, 1.82) is 0 Å². The Bertz CT molecular complexity index is 785. The molecule has 0 bridgehead atoms. The van der Waals surface area contributed by atoms with Crippen molar-refractivity contribution in [3.63, 3.8) is 0 Å². The van der Waals surface area contributed by atoms with Crippen LogP contribution in [0.25, 0.3) is 22.4 Å². The number of aryl methyl sites for hydroxylation is 1. The van der Waals surface area contributed by atoms with Gasteiger partial charge in [-0.25, -0.2) is 4.98 Å². The highest BCUT2D eigenvalue weighted by atomic mass is 16.5. The first-order chi connectivity index (χ1) is 10.8. The second-order valence-corrected chi connectivity index (χ2v) is 5.03. The minimum absolute atomic E-state index is 0.0598. The van der Waals surface area contributed by atoms with Crippen LogP contribution in [0.2, 0.25) is 0 Å². The Hall–Kier alpha value is -2.47. The summed E-state index contributed by atoms with van der Waals surface area (Å²) in [5, 5.41) is 14.2. The van der Waals surface area contributed by atoms with Gasteiger partial charge in [0, 0.05) is 18.7 Å². The van der Waals surface area contributed by atoms with Gasteiger partial charge in [0.15, 0.2) is 0 Å². The van der Waals surface area contributed by atoms with Crippen LogP contribution in [0.15, 0.2) is 35.1 Å². The van der Waals surface area contributed by atoms with Crippen LogP contribution in [0.4, 0.5) is 5.82 Å². The van der Waals surface area contributed by atoms with Crippen molar-refractivity contribution in [2.75, 3.05) is 24.6 Å². The molecule has 0 aliphatic rings. The molecule has 0 atom stereocenters. The number of aliphatic hydroxyl groups is 1. The van der Waals surface area contributed by atoms with Gasteiger partial charge in [-0.1, -0.05) is 29.4 Å². The second-order valence-electron chi connectivity index (χ2n) is 5.03. The van der Waals surface area contributed by atoms with E-state index < -0.39 is 0 Å². The second kappa shape index (κ2) is 6.11. The normalized spacial score (nSPS) is 11.0. The minimum atomic E-state index is 0.0598. The van der Waals surface area contributed by atoms with Crippen LogP contribution < -0.4 is 4.90 Å². The minimum Gasteiger partial charge on any atom is -0.395 e. The first-order valence-electron chi connectivity index (χ1n) is 7.28. The maximum atomic E-state index is 9.26. The van der Waals surface area contributed by atoms with Gasteiger partial charge in [0.25, 0.3) is 5.71 Å². The molecule has 0 unspecified atom stereocenters. The number of rotatable bonds is 5. The van der Waals surface area contributed by atoms with Crippen LogP contribution in [-0.4, -0.2) is 39.9 Å². The van der Waals surface area contributed by atoms with Crippen LogP contribution in [0, 0.1) is 6.92 Å². The maximum Gasteiger partial charge on any atom is 0.263 e. The Labute approximate surface area is 128 Å². The zero-order chi connectivity index (χ0) is 15.5. The molecule has 3 aromatic rings. The van der Waals surface area contributed by atoms with Crippen molar-refractivity contribution in [3.05, 3.63) is 36.2 Å². The lowest BCUT2D eigenvalue weighted by Crippen LogP contribution is -2.27. The Morgan fingerprint density at radius 2 is 2.05 bits per heavy atom. The van der Waals surface area contributed by atoms with Crippen molar-refractivity contribution < 1.29 is 9.63 Å². The van der Waals surface area contributed by atoms with E-state index in [9.17, 15) is 5.11 Å². The number of hydrogen-bond acceptors (Lipinski definition) is 6. The molecule has 0 aliphatic heterocycles. The summed E-state index contributed by atoms with van der Waals surface area (Å²) in [6, 6.07) is 8.00. The molecule has 0 fully saturated rings. The number of aromatic nitrogens is 3. The van der Waals surface area contributed by atoms with Crippen LogP contribution in [-0.2, 0) is 0 Å². The highest BCUT2D eigenvalue weighted by Crippen LogP contribution is 2.34. The molecule has 6 heteroatoms. The van der Waals surface area contributed by atoms with Gasteiger partial charge in [-0.15, -0.1) is 0 Å². The van der Waals surface area contributed by atoms with Gasteiger partial charge in [-0.2, -0.15) is 4.98 Å². The summed E-state index contributed by atoms with van der Waals surface area (Å²) < 4.78 is 5.38. The van der Waals surface area contributed by atoms with Gasteiger partial charge in [-0.05, 0) is 19.4 Å². The number of likely N-dealkylation sites (N-methyl/N-ethyl adjacent to an activating group) is 1. The molecule has 0 saturated heterocycles. The lowest BCUT2D eigenvalue weighted by Gasteiger charge is -2.21. The fourth-order valence-corrected chi connectivity index (χ4v) is 2.57. The van der Waals surface area contributed by atoms with Gasteiger partial charge >= 0.3 is 0 Å². The van der Waals surface area contributed by atoms with Crippen LogP contribution in [0.1, 0.15) is 12.5 Å². The summed E-state index contributed by atoms with van der Waals surface area (Å²) in [6.45, 7) is 5.34. The number of nitrogens with zero attached hydrogens (tertiary/aromatic N) is 4. The molecule has 3 rings (SSSR count). The SMILES string of the molecule is CCN(CCO)c1ncnc2onc(-c3ccccc3C)c12. The van der Waals surface area contributed by atoms with Crippen molar-refractivity contribution in [1.82, 2.24) is 15.1 Å². The van der Waals surface area contributed by atoms with E-state index in [-0.39, 0.29) is 6.61 Å². The average molecular weight is 298 g/mol. The van der Waals surface area contributed by atoms with Crippen molar-refractivity contribution in [2.45, 2.75) is 13.8 Å². The van der Waals surface area contributed by atoms with Crippen molar-refractivity contribution in [2.24, 2.45) is 0 Å². The van der Waals surface area contributed by atoms with Crippen LogP contribution in [0.5, 0.6) is 0 Å². The van der Waals surface area contributed by atoms with Gasteiger partial charge in [0.1, 0.15) is 23.2 Å². The van der Waals surface area contributed by atoms with E-state index in [2.05, 4.69) is 15.1 Å². The van der Waals surface area contributed by atoms with Crippen LogP contribution >= 0.6 is 0 Å². The standard InChI is InChI=1S/C16H18N4O2/c1-3-20(8-9-21)15-13-14(12-7-5-4-6-11(12)2)19-22-16(13)18-10-17-15/h4-7,10,21H,3,8-9H2,1-2H3. The van der Waals surface area contributed by atoms with Gasteiger partial charge in [-0.3, -0.25) is 0 Å². The third kappa shape index (κ3) is 2.42. The van der Waals surface area contributed by atoms with Crippen molar-refractivity contribution >= 4 is 16.9 Å². The summed E-state index contributed by atoms with van der Waals surface area (Å²) in [7, 11) is 0. The molecule has 2 heterocycles. The fraction of sp³-hybridized carbons (Fsp3) is 0.312. The molecule has 114 valence electrons. The molecule has 6 nitrogen and oxygen atoms in total. The molecule has 1 N–H and O–H groups in total. The molecular weight excluding hydrogens is 280 g/mol. The maximum absolute atomic E-state index is 9.26. The quantitative estimate of drug-likeness (QED) is 0.779. The first-order valence-corrected chi connectivity index (χ1v) is 7.28. The van der Waals surface area contributed by atoms with Crippen LogP contribution in [0.3, 0.4) is 0 Å². The number of aliphatic hydroxyl groups excluding tert-OH is 1. The van der Waals surface area contributed by atoms with E-state index in [1.807, 2.05) is 43.0 Å². The Morgan fingerprint density at radius 1 is 1.23 bits per heavy atom. The fourth-order valence-electron chi connectivity index (χ4n) is 2.57. The molecular formula is C16H18N4O2. The molecule has 2 aromatic heterocycles. The molecule has 0 aliphatic carbocycles. The monoisotopic (exact) mass is 298 g/mol.